The Balaban J connectivity index is 1.17. The second-order valence-electron chi connectivity index (χ2n) is 8.63. The molecule has 2 aromatic carbocycles. The van der Waals surface area contributed by atoms with Gasteiger partial charge in [0.15, 0.2) is 0 Å². The maximum Gasteiger partial charge on any atom is 0.0488 e. The molecule has 144 valence electrons. The van der Waals surface area contributed by atoms with Crippen molar-refractivity contribution in [2.24, 2.45) is 5.92 Å². The summed E-state index contributed by atoms with van der Waals surface area (Å²) < 4.78 is 2.52. The number of fused-ring (bicyclic) bond motifs is 3. The lowest BCUT2D eigenvalue weighted by molar-refractivity contribution is 0.185. The number of piperidine rings is 1. The first-order chi connectivity index (χ1) is 13.8. The molecule has 2 aliphatic heterocycles. The van der Waals surface area contributed by atoms with Crippen molar-refractivity contribution >= 4 is 16.5 Å². The highest BCUT2D eigenvalue weighted by molar-refractivity contribution is 5.87. The van der Waals surface area contributed by atoms with Crippen LogP contribution in [-0.4, -0.2) is 29.1 Å². The van der Waals surface area contributed by atoms with E-state index in [0.29, 0.717) is 0 Å². The van der Waals surface area contributed by atoms with E-state index in [1.807, 2.05) is 0 Å². The number of allylic oxidation sites excluding steroid dienone is 2. The minimum atomic E-state index is 0.855. The molecule has 0 atom stereocenters. The maximum atomic E-state index is 2.66. The van der Waals surface area contributed by atoms with E-state index >= 15 is 0 Å². The molecule has 0 aliphatic carbocycles. The van der Waals surface area contributed by atoms with Crippen LogP contribution in [-0.2, 0) is 13.0 Å². The van der Waals surface area contributed by atoms with Gasteiger partial charge in [0.1, 0.15) is 0 Å². The summed E-state index contributed by atoms with van der Waals surface area (Å²) >= 11 is 0. The second kappa shape index (κ2) is 7.60. The number of nitrogens with zero attached hydrogens (tertiary/aromatic N) is 2. The Morgan fingerprint density at radius 3 is 2.50 bits per heavy atom. The van der Waals surface area contributed by atoms with E-state index in [1.165, 1.54) is 73.1 Å². The molecule has 2 aliphatic rings. The van der Waals surface area contributed by atoms with Gasteiger partial charge < -0.3 is 9.47 Å². The third-order valence-corrected chi connectivity index (χ3v) is 6.88. The number of likely N-dealkylation sites (tertiary alicyclic amines) is 1. The Morgan fingerprint density at radius 2 is 1.68 bits per heavy atom. The van der Waals surface area contributed by atoms with Crippen LogP contribution >= 0.6 is 0 Å². The van der Waals surface area contributed by atoms with Gasteiger partial charge >= 0.3 is 0 Å². The molecule has 1 saturated heterocycles. The number of aromatic nitrogens is 1. The molecule has 3 heterocycles. The van der Waals surface area contributed by atoms with Crippen LogP contribution in [0.25, 0.3) is 16.5 Å². The molecular weight excluding hydrogens is 340 g/mol. The molecule has 3 aromatic rings. The maximum absolute atomic E-state index is 2.66. The minimum absolute atomic E-state index is 0.855. The van der Waals surface area contributed by atoms with Crippen molar-refractivity contribution in [1.82, 2.24) is 9.47 Å². The van der Waals surface area contributed by atoms with E-state index < -0.39 is 0 Å². The normalized spacial score (nSPS) is 18.2. The van der Waals surface area contributed by atoms with Crippen molar-refractivity contribution in [2.45, 2.75) is 39.2 Å². The van der Waals surface area contributed by atoms with Crippen LogP contribution in [0.15, 0.2) is 66.2 Å². The predicted octanol–water partition coefficient (Wildman–Crippen LogP) is 5.77. The zero-order valence-corrected chi connectivity index (χ0v) is 16.9. The molecule has 0 amide bonds. The van der Waals surface area contributed by atoms with Crippen LogP contribution in [0.5, 0.6) is 0 Å². The quantitative estimate of drug-likeness (QED) is 0.553. The average Bonchev–Trinajstić information content (AvgIpc) is 3.25. The van der Waals surface area contributed by atoms with Gasteiger partial charge in [-0.05, 0) is 80.5 Å². The van der Waals surface area contributed by atoms with Gasteiger partial charge in [-0.15, -0.1) is 0 Å². The topological polar surface area (TPSA) is 8.17 Å². The standard InChI is InChI=1S/C26H30N2/c1-20-24(19-28-25-10-6-5-9-23(25)18-26(20)28)17-22-12-15-27(16-13-22)14-11-21-7-3-2-4-8-21/h2-10,18,22H,11-17,19H2,1H3. The predicted molar refractivity (Wildman–Crippen MR) is 118 cm³/mol. The Kier molecular flexibility index (Phi) is 4.82. The highest BCUT2D eigenvalue weighted by Gasteiger charge is 2.25. The van der Waals surface area contributed by atoms with Crippen LogP contribution in [0.2, 0.25) is 0 Å². The molecule has 0 saturated carbocycles. The van der Waals surface area contributed by atoms with Gasteiger partial charge in [-0.1, -0.05) is 48.5 Å². The molecule has 0 N–H and O–H groups in total. The molecule has 0 unspecified atom stereocenters. The fourth-order valence-corrected chi connectivity index (χ4v) is 5.09. The van der Waals surface area contributed by atoms with E-state index in [9.17, 15) is 0 Å². The average molecular weight is 371 g/mol. The van der Waals surface area contributed by atoms with Crippen molar-refractivity contribution in [2.75, 3.05) is 19.6 Å². The van der Waals surface area contributed by atoms with Gasteiger partial charge in [0.2, 0.25) is 0 Å². The van der Waals surface area contributed by atoms with Crippen LogP contribution in [0.1, 0.15) is 37.4 Å². The van der Waals surface area contributed by atoms with Crippen molar-refractivity contribution in [1.29, 1.82) is 0 Å². The summed E-state index contributed by atoms with van der Waals surface area (Å²) in [6, 6.07) is 22.1. The molecule has 5 rings (SSSR count). The molecule has 0 spiro atoms. The molecule has 0 radical (unpaired) electrons. The van der Waals surface area contributed by atoms with E-state index in [-0.39, 0.29) is 0 Å². The fourth-order valence-electron chi connectivity index (χ4n) is 5.09. The van der Waals surface area contributed by atoms with Gasteiger partial charge in [-0.2, -0.15) is 0 Å². The van der Waals surface area contributed by atoms with Crippen LogP contribution < -0.4 is 0 Å². The third-order valence-electron chi connectivity index (χ3n) is 6.88. The van der Waals surface area contributed by atoms with Crippen molar-refractivity contribution in [3.05, 3.63) is 77.5 Å². The van der Waals surface area contributed by atoms with Gasteiger partial charge in [-0.3, -0.25) is 0 Å². The summed E-state index contributed by atoms with van der Waals surface area (Å²) in [5, 5.41) is 1.38. The number of rotatable bonds is 5. The highest BCUT2D eigenvalue weighted by Crippen LogP contribution is 2.37. The largest absolute Gasteiger partial charge is 0.337 e. The Labute approximate surface area is 168 Å². The summed E-state index contributed by atoms with van der Waals surface area (Å²) in [5.74, 6) is 0.855. The Hall–Kier alpha value is -2.32. The monoisotopic (exact) mass is 370 g/mol. The van der Waals surface area contributed by atoms with Crippen LogP contribution in [0.4, 0.5) is 0 Å². The lowest BCUT2D eigenvalue weighted by atomic mass is 9.88. The van der Waals surface area contributed by atoms with E-state index in [4.69, 9.17) is 0 Å². The SMILES string of the molecule is CC1=C(CC2CCN(CCc3ccccc3)CC2)Cn2c1cc1ccccc12. The summed E-state index contributed by atoms with van der Waals surface area (Å²) in [6.07, 6.45) is 5.16. The Bertz CT molecular complexity index is 988. The van der Waals surface area contributed by atoms with Crippen molar-refractivity contribution in [3.63, 3.8) is 0 Å². The summed E-state index contributed by atoms with van der Waals surface area (Å²) in [5.41, 5.74) is 7.50. The van der Waals surface area contributed by atoms with Gasteiger partial charge in [-0.25, -0.2) is 0 Å². The zero-order chi connectivity index (χ0) is 18.9. The second-order valence-corrected chi connectivity index (χ2v) is 8.63. The minimum Gasteiger partial charge on any atom is -0.337 e. The lowest BCUT2D eigenvalue weighted by Crippen LogP contribution is -2.35. The van der Waals surface area contributed by atoms with Crippen LogP contribution in [0, 0.1) is 5.92 Å². The third kappa shape index (κ3) is 3.42. The molecule has 1 aromatic heterocycles. The highest BCUT2D eigenvalue weighted by atomic mass is 15.1. The van der Waals surface area contributed by atoms with E-state index in [0.717, 1.165) is 12.5 Å². The van der Waals surface area contributed by atoms with Gasteiger partial charge in [0.25, 0.3) is 0 Å². The van der Waals surface area contributed by atoms with Gasteiger partial charge in [0, 0.05) is 29.7 Å². The van der Waals surface area contributed by atoms with Crippen molar-refractivity contribution in [3.8, 4) is 0 Å². The zero-order valence-electron chi connectivity index (χ0n) is 16.9. The molecule has 0 bridgehead atoms. The fraction of sp³-hybridized carbons (Fsp3) is 0.385. The molecule has 2 nitrogen and oxygen atoms in total. The lowest BCUT2D eigenvalue weighted by Gasteiger charge is -2.32. The molecule has 2 heteroatoms. The van der Waals surface area contributed by atoms with Gasteiger partial charge in [0.05, 0.1) is 0 Å². The van der Waals surface area contributed by atoms with Crippen LogP contribution in [0.3, 0.4) is 0 Å². The number of hydrogen-bond donors (Lipinski definition) is 0. The smallest absolute Gasteiger partial charge is 0.0488 e. The summed E-state index contributed by atoms with van der Waals surface area (Å²) in [6.45, 7) is 7.17. The molecule has 1 fully saturated rings. The van der Waals surface area contributed by atoms with E-state index in [2.05, 4.69) is 77.1 Å². The van der Waals surface area contributed by atoms with Crippen molar-refractivity contribution < 1.29 is 0 Å². The molecule has 28 heavy (non-hydrogen) atoms. The molecular formula is C26H30N2. The summed E-state index contributed by atoms with van der Waals surface area (Å²) in [4.78, 5) is 2.66. The summed E-state index contributed by atoms with van der Waals surface area (Å²) in [7, 11) is 0. The number of benzene rings is 2. The Morgan fingerprint density at radius 1 is 0.929 bits per heavy atom. The first-order valence-corrected chi connectivity index (χ1v) is 10.8. The number of hydrogen-bond acceptors (Lipinski definition) is 1. The first kappa shape index (κ1) is 17.8. The number of para-hydroxylation sites is 1. The first-order valence-electron chi connectivity index (χ1n) is 10.8. The van der Waals surface area contributed by atoms with E-state index in [1.54, 1.807) is 5.57 Å².